The number of hydrogen-bond acceptors (Lipinski definition) is 7. The topological polar surface area (TPSA) is 132 Å². The maximum Gasteiger partial charge on any atom is 0.187 e. The van der Waals surface area contributed by atoms with Crippen molar-refractivity contribution in [3.8, 4) is 0 Å². The first-order valence-electron chi connectivity index (χ1n) is 13.5. The van der Waals surface area contributed by atoms with E-state index in [1.165, 1.54) is 32.9 Å². The van der Waals surface area contributed by atoms with Gasteiger partial charge in [-0.15, -0.1) is 0 Å². The Morgan fingerprint density at radius 1 is 1.03 bits per heavy atom. The van der Waals surface area contributed by atoms with Gasteiger partial charge in [-0.2, -0.15) is 0 Å². The highest BCUT2D eigenvalue weighted by Gasteiger charge is 2.74. The predicted molar refractivity (Wildman–Crippen MR) is 138 cm³/mol. The Labute approximate surface area is 220 Å². The largest absolute Gasteiger partial charge is 0.393 e. The van der Waals surface area contributed by atoms with Crippen molar-refractivity contribution in [2.75, 3.05) is 0 Å². The highest BCUT2D eigenvalue weighted by atomic mass is 16.3. The van der Waals surface area contributed by atoms with Crippen molar-refractivity contribution in [1.29, 1.82) is 0 Å². The third kappa shape index (κ3) is 3.71. The van der Waals surface area contributed by atoms with Crippen LogP contribution in [0.2, 0.25) is 0 Å². The van der Waals surface area contributed by atoms with E-state index in [0.717, 1.165) is 5.57 Å². The molecule has 0 heterocycles. The Morgan fingerprint density at radius 3 is 2.19 bits per heavy atom. The van der Waals surface area contributed by atoms with Crippen LogP contribution in [-0.2, 0) is 14.4 Å². The van der Waals surface area contributed by atoms with Gasteiger partial charge >= 0.3 is 0 Å². The van der Waals surface area contributed by atoms with Gasteiger partial charge in [0.15, 0.2) is 11.6 Å². The van der Waals surface area contributed by atoms with Gasteiger partial charge in [0.1, 0.15) is 17.5 Å². The van der Waals surface area contributed by atoms with Crippen LogP contribution >= 0.6 is 0 Å². The Hall–Kier alpha value is -1.67. The van der Waals surface area contributed by atoms with Gasteiger partial charge in [-0.05, 0) is 82.6 Å². The number of fused-ring (bicyclic) bond motifs is 5. The molecule has 0 bridgehead atoms. The summed E-state index contributed by atoms with van der Waals surface area (Å²) in [5.41, 5.74) is -5.46. The zero-order chi connectivity index (χ0) is 28.1. The minimum absolute atomic E-state index is 0.0141. The molecule has 7 nitrogen and oxygen atoms in total. The molecule has 0 radical (unpaired) electrons. The van der Waals surface area contributed by atoms with Gasteiger partial charge in [-0.3, -0.25) is 14.4 Å². The average Bonchev–Trinajstić information content (AvgIpc) is 2.96. The van der Waals surface area contributed by atoms with Gasteiger partial charge in [0.05, 0.1) is 11.7 Å². The average molecular weight is 517 g/mol. The number of ketones is 3. The minimum atomic E-state index is -1.95. The fraction of sp³-hybridized carbons (Fsp3) is 0.767. The zero-order valence-electron chi connectivity index (χ0n) is 23.5. The summed E-state index contributed by atoms with van der Waals surface area (Å²) in [4.78, 5) is 40.2. The lowest BCUT2D eigenvalue weighted by Gasteiger charge is -2.64. The molecule has 3 fully saturated rings. The van der Waals surface area contributed by atoms with Crippen molar-refractivity contribution >= 4 is 17.3 Å². The van der Waals surface area contributed by atoms with E-state index in [2.05, 4.69) is 13.0 Å². The summed E-state index contributed by atoms with van der Waals surface area (Å²) in [6, 6.07) is 0. The molecule has 4 rings (SSSR count). The summed E-state index contributed by atoms with van der Waals surface area (Å²) in [5, 5.41) is 43.7. The molecule has 0 aromatic rings. The van der Waals surface area contributed by atoms with E-state index in [1.54, 1.807) is 0 Å². The fourth-order valence-corrected chi connectivity index (χ4v) is 9.00. The van der Waals surface area contributed by atoms with Crippen LogP contribution in [0.5, 0.6) is 0 Å². The third-order valence-electron chi connectivity index (χ3n) is 11.1. The van der Waals surface area contributed by atoms with Crippen LogP contribution in [0.4, 0.5) is 0 Å². The normalized spacial score (nSPS) is 45.1. The summed E-state index contributed by atoms with van der Waals surface area (Å²) in [6.07, 6.45) is 3.54. The van der Waals surface area contributed by atoms with E-state index in [0.29, 0.717) is 12.8 Å². The van der Waals surface area contributed by atoms with Gasteiger partial charge in [-0.25, -0.2) is 0 Å². The second kappa shape index (κ2) is 8.17. The number of carbonyl (C=O) groups excluding carboxylic acids is 3. The molecule has 0 saturated heterocycles. The first kappa shape index (κ1) is 28.3. The van der Waals surface area contributed by atoms with E-state index in [-0.39, 0.29) is 36.2 Å². The Bertz CT molecular complexity index is 1090. The number of aliphatic hydroxyl groups is 4. The molecule has 1 unspecified atom stereocenters. The number of hydrogen-bond donors (Lipinski definition) is 4. The molecule has 4 N–H and O–H groups in total. The lowest BCUT2D eigenvalue weighted by molar-refractivity contribution is -0.183. The quantitative estimate of drug-likeness (QED) is 0.334. The van der Waals surface area contributed by atoms with Crippen LogP contribution in [-0.4, -0.2) is 61.2 Å². The molecule has 206 valence electrons. The molecule has 0 aliphatic heterocycles. The van der Waals surface area contributed by atoms with Crippen LogP contribution in [0, 0.1) is 39.4 Å². The lowest BCUT2D eigenvalue weighted by Crippen LogP contribution is -2.65. The SMILES string of the molecule is CC(C)(O)/C=C/C(=O)[C@](C)(O)[C@H]1[C@H](O)C[C@@]2(C)[C@@H]3CC=C4[C@@H](C[C@H](O)C(=O)C4(C)C)C3(C)C(=O)C[C@]12C. The van der Waals surface area contributed by atoms with E-state index in [4.69, 9.17) is 0 Å². The number of carbonyl (C=O) groups is 3. The van der Waals surface area contributed by atoms with Crippen LogP contribution < -0.4 is 0 Å². The molecule has 9 atom stereocenters. The Morgan fingerprint density at radius 2 is 1.62 bits per heavy atom. The summed E-state index contributed by atoms with van der Waals surface area (Å²) >= 11 is 0. The molecule has 4 aliphatic carbocycles. The highest BCUT2D eigenvalue weighted by Crippen LogP contribution is 2.74. The lowest BCUT2D eigenvalue weighted by atomic mass is 9.38. The minimum Gasteiger partial charge on any atom is -0.393 e. The van der Waals surface area contributed by atoms with Crippen LogP contribution in [0.3, 0.4) is 0 Å². The van der Waals surface area contributed by atoms with Crippen molar-refractivity contribution in [3.05, 3.63) is 23.8 Å². The monoisotopic (exact) mass is 516 g/mol. The van der Waals surface area contributed by atoms with Gasteiger partial charge in [0.2, 0.25) is 0 Å². The van der Waals surface area contributed by atoms with Crippen LogP contribution in [0.15, 0.2) is 23.8 Å². The molecule has 0 aromatic carbocycles. The number of aliphatic hydroxyl groups excluding tert-OH is 2. The molecule has 0 aromatic heterocycles. The van der Waals surface area contributed by atoms with Gasteiger partial charge in [0.25, 0.3) is 0 Å². The molecular weight excluding hydrogens is 472 g/mol. The van der Waals surface area contributed by atoms with Gasteiger partial charge < -0.3 is 20.4 Å². The predicted octanol–water partition coefficient (Wildman–Crippen LogP) is 2.93. The number of rotatable bonds is 4. The fourth-order valence-electron chi connectivity index (χ4n) is 9.00. The number of Topliss-reactive ketones (excluding diaryl/α,β-unsaturated/α-hetero) is 2. The molecule has 37 heavy (non-hydrogen) atoms. The molecule has 0 spiro atoms. The molecular formula is C30H44O7. The smallest absolute Gasteiger partial charge is 0.187 e. The molecule has 3 saturated carbocycles. The van der Waals surface area contributed by atoms with E-state index >= 15 is 0 Å². The standard InChI is InChI=1S/C30H44O7/c1-25(2,36)12-11-21(33)30(8,37)23-19(32)14-27(5)20-10-9-16-17(13-18(31)24(35)26(16,3)4)29(20,7)22(34)15-28(23,27)6/h9,11-12,17-20,23,31-32,36-37H,10,13-15H2,1-8H3/b12-11+/t17-,18+,19-,20+,23+,27+,28-,29?,30+/m1/s1. The maximum absolute atomic E-state index is 14.2. The van der Waals surface area contributed by atoms with Crippen LogP contribution in [0.25, 0.3) is 0 Å². The second-order valence-corrected chi connectivity index (χ2v) is 14.2. The van der Waals surface area contributed by atoms with Crippen LogP contribution in [0.1, 0.15) is 81.1 Å². The molecule has 0 amide bonds. The summed E-state index contributed by atoms with van der Waals surface area (Å²) < 4.78 is 0. The summed E-state index contributed by atoms with van der Waals surface area (Å²) in [7, 11) is 0. The first-order valence-corrected chi connectivity index (χ1v) is 13.5. The second-order valence-electron chi connectivity index (χ2n) is 14.2. The molecule has 4 aliphatic rings. The van der Waals surface area contributed by atoms with Gasteiger partial charge in [-0.1, -0.05) is 38.5 Å². The highest BCUT2D eigenvalue weighted by molar-refractivity contribution is 5.98. The summed E-state index contributed by atoms with van der Waals surface area (Å²) in [6.45, 7) is 14.0. The third-order valence-corrected chi connectivity index (χ3v) is 11.1. The van der Waals surface area contributed by atoms with E-state index in [9.17, 15) is 34.8 Å². The molecule has 7 heteroatoms. The van der Waals surface area contributed by atoms with Crippen molar-refractivity contribution in [1.82, 2.24) is 0 Å². The van der Waals surface area contributed by atoms with Crippen molar-refractivity contribution < 1.29 is 34.8 Å². The summed E-state index contributed by atoms with van der Waals surface area (Å²) in [5.74, 6) is -2.24. The van der Waals surface area contributed by atoms with Gasteiger partial charge in [0, 0.05) is 23.2 Å². The van der Waals surface area contributed by atoms with Crippen molar-refractivity contribution in [3.63, 3.8) is 0 Å². The maximum atomic E-state index is 14.2. The Balaban J connectivity index is 1.80. The van der Waals surface area contributed by atoms with E-state index in [1.807, 2.05) is 27.7 Å². The zero-order valence-corrected chi connectivity index (χ0v) is 23.5. The Kier molecular flexibility index (Phi) is 6.26. The van der Waals surface area contributed by atoms with Crippen molar-refractivity contribution in [2.45, 2.75) is 104 Å². The van der Waals surface area contributed by atoms with E-state index < -0.39 is 56.8 Å². The number of allylic oxidation sites excluding steroid dienone is 2. The van der Waals surface area contributed by atoms with Crippen molar-refractivity contribution in [2.24, 2.45) is 39.4 Å². The first-order chi connectivity index (χ1) is 16.7.